The fourth-order valence-electron chi connectivity index (χ4n) is 2.41. The third-order valence-electron chi connectivity index (χ3n) is 3.90. The van der Waals surface area contributed by atoms with Crippen LogP contribution in [-0.2, 0) is 11.2 Å². The van der Waals surface area contributed by atoms with Crippen molar-refractivity contribution in [2.45, 2.75) is 24.6 Å². The number of Topliss-reactive ketones (excluding diaryl/α,β-unsaturated/α-hetero) is 1. The van der Waals surface area contributed by atoms with Gasteiger partial charge in [0.15, 0.2) is 10.1 Å². The zero-order valence-corrected chi connectivity index (χ0v) is 17.2. The molecular weight excluding hydrogens is 392 g/mol. The van der Waals surface area contributed by atoms with Crippen molar-refractivity contribution in [3.05, 3.63) is 59.7 Å². The number of thioether (sulfide) groups is 1. The number of aromatic nitrogens is 2. The van der Waals surface area contributed by atoms with E-state index in [1.165, 1.54) is 35.6 Å². The van der Waals surface area contributed by atoms with Crippen molar-refractivity contribution < 1.29 is 9.59 Å². The Morgan fingerprint density at radius 3 is 2.57 bits per heavy atom. The van der Waals surface area contributed by atoms with Gasteiger partial charge in [0.2, 0.25) is 11.0 Å². The first-order valence-corrected chi connectivity index (χ1v) is 10.6. The monoisotopic (exact) mass is 412 g/mol. The van der Waals surface area contributed by atoms with Crippen LogP contribution in [0.25, 0.3) is 0 Å². The number of nitrogens with one attached hydrogen (secondary N) is 2. The van der Waals surface area contributed by atoms with E-state index in [0.29, 0.717) is 20.7 Å². The molecule has 0 aliphatic carbocycles. The van der Waals surface area contributed by atoms with Crippen LogP contribution in [0.1, 0.15) is 29.8 Å². The van der Waals surface area contributed by atoms with Crippen molar-refractivity contribution in [2.24, 2.45) is 0 Å². The molecule has 1 heterocycles. The van der Waals surface area contributed by atoms with Crippen molar-refractivity contribution >= 4 is 51.3 Å². The zero-order valence-electron chi connectivity index (χ0n) is 15.6. The molecule has 0 unspecified atom stereocenters. The van der Waals surface area contributed by atoms with Gasteiger partial charge < -0.3 is 10.6 Å². The summed E-state index contributed by atoms with van der Waals surface area (Å²) in [6, 6.07) is 15.1. The Labute approximate surface area is 171 Å². The maximum atomic E-state index is 12.1. The van der Waals surface area contributed by atoms with Crippen molar-refractivity contribution in [3.63, 3.8) is 0 Å². The van der Waals surface area contributed by atoms with Crippen molar-refractivity contribution in [1.29, 1.82) is 0 Å². The summed E-state index contributed by atoms with van der Waals surface area (Å²) in [5, 5.41) is 14.9. The van der Waals surface area contributed by atoms with Gasteiger partial charge in [-0.05, 0) is 43.2 Å². The summed E-state index contributed by atoms with van der Waals surface area (Å²) in [6.45, 7) is 3.61. The summed E-state index contributed by atoms with van der Waals surface area (Å²) in [5.41, 5.74) is 3.40. The van der Waals surface area contributed by atoms with Crippen LogP contribution >= 0.6 is 23.1 Å². The van der Waals surface area contributed by atoms with Gasteiger partial charge in [0.05, 0.1) is 5.75 Å². The van der Waals surface area contributed by atoms with E-state index < -0.39 is 0 Å². The molecule has 3 rings (SSSR count). The fourth-order valence-corrected chi connectivity index (χ4v) is 3.98. The molecule has 0 radical (unpaired) electrons. The van der Waals surface area contributed by atoms with Gasteiger partial charge in [0.25, 0.3) is 0 Å². The van der Waals surface area contributed by atoms with Gasteiger partial charge >= 0.3 is 0 Å². The predicted molar refractivity (Wildman–Crippen MR) is 115 cm³/mol. The van der Waals surface area contributed by atoms with E-state index >= 15 is 0 Å². The Hall–Kier alpha value is -2.71. The lowest BCUT2D eigenvalue weighted by molar-refractivity contribution is -0.113. The van der Waals surface area contributed by atoms with Gasteiger partial charge in [-0.3, -0.25) is 9.59 Å². The SMILES string of the molecule is CCc1ccc(Nc2nnc(SCC(=O)Nc3cccc(C(C)=O)c3)s2)cc1. The lowest BCUT2D eigenvalue weighted by atomic mass is 10.1. The number of nitrogens with zero attached hydrogens (tertiary/aromatic N) is 2. The highest BCUT2D eigenvalue weighted by Gasteiger charge is 2.10. The number of anilines is 3. The Kier molecular flexibility index (Phi) is 6.78. The fraction of sp³-hybridized carbons (Fsp3) is 0.200. The van der Waals surface area contributed by atoms with Crippen LogP contribution in [-0.4, -0.2) is 27.6 Å². The Morgan fingerprint density at radius 2 is 1.86 bits per heavy atom. The molecule has 6 nitrogen and oxygen atoms in total. The second-order valence-corrected chi connectivity index (χ2v) is 8.22. The molecule has 3 aromatic rings. The molecule has 0 atom stereocenters. The summed E-state index contributed by atoms with van der Waals surface area (Å²) in [5.74, 6) is 0.0127. The van der Waals surface area contributed by atoms with E-state index in [9.17, 15) is 9.59 Å². The molecule has 8 heteroatoms. The highest BCUT2D eigenvalue weighted by molar-refractivity contribution is 8.01. The molecule has 2 N–H and O–H groups in total. The van der Waals surface area contributed by atoms with Crippen LogP contribution in [0.2, 0.25) is 0 Å². The van der Waals surface area contributed by atoms with Gasteiger partial charge in [0, 0.05) is 16.9 Å². The Morgan fingerprint density at radius 1 is 1.07 bits per heavy atom. The first-order chi connectivity index (χ1) is 13.5. The van der Waals surface area contributed by atoms with E-state index in [1.807, 2.05) is 12.1 Å². The molecule has 28 heavy (non-hydrogen) atoms. The number of aryl methyl sites for hydroxylation is 1. The minimum absolute atomic E-state index is 0.0382. The van der Waals surface area contributed by atoms with Gasteiger partial charge in [0.1, 0.15) is 0 Å². The van der Waals surface area contributed by atoms with Crippen molar-refractivity contribution in [1.82, 2.24) is 10.2 Å². The molecule has 0 aliphatic rings. The topological polar surface area (TPSA) is 84.0 Å². The molecule has 0 saturated heterocycles. The maximum Gasteiger partial charge on any atom is 0.234 e. The molecule has 2 aromatic carbocycles. The van der Waals surface area contributed by atoms with Gasteiger partial charge in [-0.2, -0.15) is 0 Å². The highest BCUT2D eigenvalue weighted by atomic mass is 32.2. The zero-order chi connectivity index (χ0) is 19.9. The van der Waals surface area contributed by atoms with Gasteiger partial charge in [-0.1, -0.05) is 54.3 Å². The number of amides is 1. The third kappa shape index (κ3) is 5.64. The van der Waals surface area contributed by atoms with Crippen LogP contribution in [0.15, 0.2) is 52.9 Å². The number of carbonyl (C=O) groups is 2. The second-order valence-electron chi connectivity index (χ2n) is 6.02. The largest absolute Gasteiger partial charge is 0.330 e. The first-order valence-electron chi connectivity index (χ1n) is 8.76. The molecule has 0 spiro atoms. The number of rotatable bonds is 8. The third-order valence-corrected chi connectivity index (χ3v) is 5.87. The summed E-state index contributed by atoms with van der Waals surface area (Å²) in [4.78, 5) is 23.6. The Bertz CT molecular complexity index is 970. The first kappa shape index (κ1) is 20.0. The molecule has 0 aliphatic heterocycles. The minimum atomic E-state index is -0.162. The molecule has 0 fully saturated rings. The summed E-state index contributed by atoms with van der Waals surface area (Å²) in [6.07, 6.45) is 1.00. The van der Waals surface area contributed by atoms with E-state index in [2.05, 4.69) is 39.9 Å². The van der Waals surface area contributed by atoms with Crippen LogP contribution in [0.4, 0.5) is 16.5 Å². The maximum absolute atomic E-state index is 12.1. The Balaban J connectivity index is 1.51. The number of hydrogen-bond donors (Lipinski definition) is 2. The standard InChI is InChI=1S/C20H20N4O2S2/c1-3-14-7-9-16(10-8-14)22-19-23-24-20(28-19)27-12-18(26)21-17-6-4-5-15(11-17)13(2)25/h4-11H,3,12H2,1-2H3,(H,21,26)(H,22,23). The summed E-state index contributed by atoms with van der Waals surface area (Å²) >= 11 is 2.72. The predicted octanol–water partition coefficient (Wildman–Crippen LogP) is 4.78. The van der Waals surface area contributed by atoms with Gasteiger partial charge in [-0.25, -0.2) is 0 Å². The second kappa shape index (κ2) is 9.48. The molecule has 1 aromatic heterocycles. The molecule has 1 amide bonds. The van der Waals surface area contributed by atoms with Crippen LogP contribution in [0.3, 0.4) is 0 Å². The minimum Gasteiger partial charge on any atom is -0.330 e. The van der Waals surface area contributed by atoms with Crippen LogP contribution in [0, 0.1) is 0 Å². The summed E-state index contributed by atoms with van der Waals surface area (Å²) < 4.78 is 0.709. The normalized spacial score (nSPS) is 10.5. The van der Waals surface area contributed by atoms with E-state index in [0.717, 1.165) is 12.1 Å². The summed E-state index contributed by atoms with van der Waals surface area (Å²) in [7, 11) is 0. The van der Waals surface area contributed by atoms with Crippen LogP contribution in [0.5, 0.6) is 0 Å². The van der Waals surface area contributed by atoms with Crippen LogP contribution < -0.4 is 10.6 Å². The number of hydrogen-bond acceptors (Lipinski definition) is 7. The average Bonchev–Trinajstić information content (AvgIpc) is 3.14. The molecule has 0 saturated carbocycles. The highest BCUT2D eigenvalue weighted by Crippen LogP contribution is 2.28. The smallest absolute Gasteiger partial charge is 0.234 e. The van der Waals surface area contributed by atoms with E-state index in [1.54, 1.807) is 24.3 Å². The van der Waals surface area contributed by atoms with Gasteiger partial charge in [-0.15, -0.1) is 10.2 Å². The van der Waals surface area contributed by atoms with E-state index in [-0.39, 0.29) is 17.4 Å². The number of carbonyl (C=O) groups excluding carboxylic acids is 2. The number of ketones is 1. The van der Waals surface area contributed by atoms with Crippen molar-refractivity contribution in [3.8, 4) is 0 Å². The lowest BCUT2D eigenvalue weighted by Gasteiger charge is -2.05. The molecular formula is C20H20N4O2S2. The number of benzene rings is 2. The average molecular weight is 413 g/mol. The van der Waals surface area contributed by atoms with E-state index in [4.69, 9.17) is 0 Å². The quantitative estimate of drug-likeness (QED) is 0.409. The molecule has 144 valence electrons. The lowest BCUT2D eigenvalue weighted by Crippen LogP contribution is -2.14. The molecule has 0 bridgehead atoms. The van der Waals surface area contributed by atoms with Crippen molar-refractivity contribution in [2.75, 3.05) is 16.4 Å².